The minimum atomic E-state index is -0.747. The van der Waals surface area contributed by atoms with Crippen LogP contribution in [0, 0.1) is 46.3 Å². The van der Waals surface area contributed by atoms with Crippen LogP contribution in [-0.4, -0.2) is 44.7 Å². The summed E-state index contributed by atoms with van der Waals surface area (Å²) in [6.45, 7) is 10.5. The molecular formula is C26H46O5. The van der Waals surface area contributed by atoms with Gasteiger partial charge in [0.1, 0.15) is 0 Å². The number of carboxylic acids is 1. The fourth-order valence-corrected chi connectivity index (χ4v) is 8.16. The summed E-state index contributed by atoms with van der Waals surface area (Å²) in [5.41, 5.74) is -0.217. The average Bonchev–Trinajstić information content (AvgIpc) is 3.08. The zero-order chi connectivity index (χ0) is 23.1. The quantitative estimate of drug-likeness (QED) is 0.448. The van der Waals surface area contributed by atoms with Crippen molar-refractivity contribution in [2.45, 2.75) is 111 Å². The SMILES string of the molecule is CC[C@H](O)CC[C@@]1(C)CC[C@@H](O)C2C1C[C@H](O)[C@@]1(C)C2CC[C@@H]1[C@H](C)C[C@H](C)C(=O)O. The Hall–Kier alpha value is -0.650. The molecule has 0 heterocycles. The molecule has 0 amide bonds. The first-order valence-electron chi connectivity index (χ1n) is 12.7. The zero-order valence-corrected chi connectivity index (χ0v) is 20.3. The highest BCUT2D eigenvalue weighted by atomic mass is 16.4. The number of aliphatic hydroxyl groups excluding tert-OH is 3. The number of carboxylic acid groups (broad SMARTS) is 1. The van der Waals surface area contributed by atoms with Gasteiger partial charge in [-0.05, 0) is 98.2 Å². The van der Waals surface area contributed by atoms with E-state index >= 15 is 0 Å². The molecular weight excluding hydrogens is 392 g/mol. The molecule has 3 fully saturated rings. The molecule has 3 aliphatic rings. The molecule has 0 aromatic carbocycles. The topological polar surface area (TPSA) is 98.0 Å². The molecule has 11 atom stereocenters. The van der Waals surface area contributed by atoms with Crippen molar-refractivity contribution in [3.05, 3.63) is 0 Å². The van der Waals surface area contributed by atoms with Crippen LogP contribution in [0.15, 0.2) is 0 Å². The van der Waals surface area contributed by atoms with Gasteiger partial charge >= 0.3 is 5.97 Å². The summed E-state index contributed by atoms with van der Waals surface area (Å²) in [7, 11) is 0. The predicted molar refractivity (Wildman–Crippen MR) is 121 cm³/mol. The van der Waals surface area contributed by atoms with E-state index in [9.17, 15) is 25.2 Å². The van der Waals surface area contributed by atoms with Crippen LogP contribution in [0.4, 0.5) is 0 Å². The Morgan fingerprint density at radius 3 is 2.39 bits per heavy atom. The number of aliphatic hydroxyl groups is 3. The van der Waals surface area contributed by atoms with Crippen LogP contribution in [-0.2, 0) is 4.79 Å². The first-order chi connectivity index (χ1) is 14.5. The fraction of sp³-hybridized carbons (Fsp3) is 0.962. The molecule has 0 aliphatic heterocycles. The molecule has 0 aromatic rings. The molecule has 5 nitrogen and oxygen atoms in total. The van der Waals surface area contributed by atoms with Crippen molar-refractivity contribution in [2.75, 3.05) is 0 Å². The summed E-state index contributed by atoms with van der Waals surface area (Å²) in [6.07, 6.45) is 6.62. The lowest BCUT2D eigenvalue weighted by Crippen LogP contribution is -2.59. The van der Waals surface area contributed by atoms with Gasteiger partial charge in [-0.2, -0.15) is 0 Å². The largest absolute Gasteiger partial charge is 0.481 e. The summed E-state index contributed by atoms with van der Waals surface area (Å²) >= 11 is 0. The summed E-state index contributed by atoms with van der Waals surface area (Å²) in [4.78, 5) is 11.4. The lowest BCUT2D eigenvalue weighted by atomic mass is 9.46. The van der Waals surface area contributed by atoms with E-state index in [1.807, 2.05) is 6.92 Å². The summed E-state index contributed by atoms with van der Waals surface area (Å²) in [5, 5.41) is 42.2. The van der Waals surface area contributed by atoms with E-state index in [1.54, 1.807) is 6.92 Å². The maximum Gasteiger partial charge on any atom is 0.306 e. The summed E-state index contributed by atoms with van der Waals surface area (Å²) < 4.78 is 0. The fourth-order valence-electron chi connectivity index (χ4n) is 8.16. The minimum Gasteiger partial charge on any atom is -0.481 e. The number of rotatable bonds is 8. The van der Waals surface area contributed by atoms with E-state index in [0.29, 0.717) is 12.8 Å². The van der Waals surface area contributed by atoms with Crippen LogP contribution in [0.25, 0.3) is 0 Å². The summed E-state index contributed by atoms with van der Waals surface area (Å²) in [6, 6.07) is 0. The van der Waals surface area contributed by atoms with E-state index < -0.39 is 12.1 Å². The van der Waals surface area contributed by atoms with Gasteiger partial charge in [-0.25, -0.2) is 0 Å². The lowest BCUT2D eigenvalue weighted by Gasteiger charge is -2.60. The Labute approximate surface area is 188 Å². The Morgan fingerprint density at radius 2 is 1.77 bits per heavy atom. The molecule has 3 saturated carbocycles. The van der Waals surface area contributed by atoms with Gasteiger partial charge in [0.15, 0.2) is 0 Å². The van der Waals surface area contributed by atoms with Gasteiger partial charge in [0, 0.05) is 0 Å². The normalized spacial score (nSPS) is 45.4. The van der Waals surface area contributed by atoms with Gasteiger partial charge in [-0.15, -0.1) is 0 Å². The monoisotopic (exact) mass is 438 g/mol. The van der Waals surface area contributed by atoms with Gasteiger partial charge < -0.3 is 20.4 Å². The van der Waals surface area contributed by atoms with Gasteiger partial charge in [0.05, 0.1) is 24.2 Å². The molecule has 4 N–H and O–H groups in total. The first kappa shape index (κ1) is 25.0. The number of carbonyl (C=O) groups is 1. The Bertz CT molecular complexity index is 637. The third-order valence-electron chi connectivity index (χ3n) is 10.2. The molecule has 180 valence electrons. The zero-order valence-electron chi connectivity index (χ0n) is 20.3. The highest BCUT2D eigenvalue weighted by molar-refractivity contribution is 5.69. The van der Waals surface area contributed by atoms with Crippen molar-refractivity contribution in [2.24, 2.45) is 46.3 Å². The molecule has 3 rings (SSSR count). The third-order valence-corrected chi connectivity index (χ3v) is 10.2. The highest BCUT2D eigenvalue weighted by Crippen LogP contribution is 2.66. The van der Waals surface area contributed by atoms with Gasteiger partial charge in [-0.1, -0.05) is 34.6 Å². The number of hydrogen-bond acceptors (Lipinski definition) is 4. The second kappa shape index (κ2) is 9.30. The van der Waals surface area contributed by atoms with Crippen LogP contribution in [0.1, 0.15) is 92.4 Å². The molecule has 0 aromatic heterocycles. The first-order valence-corrected chi connectivity index (χ1v) is 12.7. The van der Waals surface area contributed by atoms with Crippen LogP contribution < -0.4 is 0 Å². The van der Waals surface area contributed by atoms with Crippen LogP contribution >= 0.6 is 0 Å². The molecule has 0 saturated heterocycles. The van der Waals surface area contributed by atoms with Crippen molar-refractivity contribution in [1.29, 1.82) is 0 Å². The van der Waals surface area contributed by atoms with Crippen molar-refractivity contribution in [3.8, 4) is 0 Å². The Morgan fingerprint density at radius 1 is 1.10 bits per heavy atom. The average molecular weight is 439 g/mol. The molecule has 3 unspecified atom stereocenters. The predicted octanol–water partition coefficient (Wildman–Crippen LogP) is 4.47. The van der Waals surface area contributed by atoms with Gasteiger partial charge in [-0.3, -0.25) is 4.79 Å². The Balaban J connectivity index is 1.83. The van der Waals surface area contributed by atoms with E-state index in [4.69, 9.17) is 0 Å². The van der Waals surface area contributed by atoms with Gasteiger partial charge in [0.2, 0.25) is 0 Å². The van der Waals surface area contributed by atoms with Crippen LogP contribution in [0.2, 0.25) is 0 Å². The van der Waals surface area contributed by atoms with E-state index in [-0.39, 0.29) is 58.5 Å². The van der Waals surface area contributed by atoms with Crippen LogP contribution in [0.5, 0.6) is 0 Å². The second-order valence-electron chi connectivity index (χ2n) is 11.9. The second-order valence-corrected chi connectivity index (χ2v) is 11.9. The molecule has 0 bridgehead atoms. The number of hydrogen-bond donors (Lipinski definition) is 4. The smallest absolute Gasteiger partial charge is 0.306 e. The molecule has 0 spiro atoms. The molecule has 31 heavy (non-hydrogen) atoms. The third kappa shape index (κ3) is 4.44. The van der Waals surface area contributed by atoms with E-state index in [0.717, 1.165) is 44.9 Å². The van der Waals surface area contributed by atoms with Crippen molar-refractivity contribution in [1.82, 2.24) is 0 Å². The number of fused-ring (bicyclic) bond motifs is 3. The van der Waals surface area contributed by atoms with E-state index in [2.05, 4.69) is 20.8 Å². The van der Waals surface area contributed by atoms with Crippen molar-refractivity contribution < 1.29 is 25.2 Å². The maximum absolute atomic E-state index is 11.5. The summed E-state index contributed by atoms with van der Waals surface area (Å²) in [5.74, 6) is 0.153. The van der Waals surface area contributed by atoms with Gasteiger partial charge in [0.25, 0.3) is 0 Å². The van der Waals surface area contributed by atoms with E-state index in [1.165, 1.54) is 0 Å². The molecule has 0 radical (unpaired) electrons. The van der Waals surface area contributed by atoms with Crippen molar-refractivity contribution >= 4 is 5.97 Å². The maximum atomic E-state index is 11.5. The lowest BCUT2D eigenvalue weighted by molar-refractivity contribution is -0.181. The number of aliphatic carboxylic acids is 1. The van der Waals surface area contributed by atoms with Crippen LogP contribution in [0.3, 0.4) is 0 Å². The Kier molecular flexibility index (Phi) is 7.50. The highest BCUT2D eigenvalue weighted by Gasteiger charge is 2.63. The molecule has 5 heteroatoms. The standard InChI is InChI=1S/C26H46O5/c1-6-17(27)9-11-25(4)12-10-21(28)23-19-8-7-18(15(2)13-16(3)24(30)31)26(19,5)22(29)14-20(23)25/h15-23,27-29H,6-14H2,1-5H3,(H,30,31)/t15-,16+,17+,18-,19?,20?,21-,22+,23?,25+,26-/m1/s1. The van der Waals surface area contributed by atoms with Crippen molar-refractivity contribution in [3.63, 3.8) is 0 Å². The minimum absolute atomic E-state index is 0.0455. The molecule has 3 aliphatic carbocycles.